The van der Waals surface area contributed by atoms with Gasteiger partial charge in [-0.05, 0) is 12.8 Å². The lowest BCUT2D eigenvalue weighted by atomic mass is 10.1. The molecule has 0 bridgehead atoms. The second-order valence-corrected chi connectivity index (χ2v) is 5.36. The van der Waals surface area contributed by atoms with Crippen LogP contribution in [0.2, 0.25) is 0 Å². The zero-order chi connectivity index (χ0) is 13.7. The molecule has 6 heteroatoms. The first-order chi connectivity index (χ1) is 9.16. The molecule has 1 unspecified atom stereocenters. The lowest BCUT2D eigenvalue weighted by Gasteiger charge is -2.30. The molecule has 0 aromatic heterocycles. The van der Waals surface area contributed by atoms with Gasteiger partial charge < -0.3 is 20.7 Å². The third kappa shape index (κ3) is 4.18. The van der Waals surface area contributed by atoms with E-state index in [4.69, 9.17) is 10.5 Å². The molecule has 1 aliphatic carbocycles. The monoisotopic (exact) mass is 269 g/mol. The second kappa shape index (κ2) is 6.86. The minimum absolute atomic E-state index is 0.00806. The molecule has 2 fully saturated rings. The van der Waals surface area contributed by atoms with Crippen LogP contribution in [0.1, 0.15) is 32.1 Å². The number of ether oxygens (including phenoxy) is 1. The maximum atomic E-state index is 12.4. The van der Waals surface area contributed by atoms with Crippen LogP contribution >= 0.6 is 0 Å². The summed E-state index contributed by atoms with van der Waals surface area (Å²) in [6.07, 6.45) is 4.58. The van der Waals surface area contributed by atoms with Crippen molar-refractivity contribution in [3.05, 3.63) is 0 Å². The van der Waals surface area contributed by atoms with E-state index in [2.05, 4.69) is 5.32 Å². The summed E-state index contributed by atoms with van der Waals surface area (Å²) < 4.78 is 5.34. The highest BCUT2D eigenvalue weighted by Crippen LogP contribution is 2.24. The third-order valence-corrected chi connectivity index (χ3v) is 3.83. The van der Waals surface area contributed by atoms with Crippen molar-refractivity contribution in [3.8, 4) is 0 Å². The summed E-state index contributed by atoms with van der Waals surface area (Å²) in [5, 5.41) is 3.26. The molecule has 1 atom stereocenters. The van der Waals surface area contributed by atoms with Gasteiger partial charge >= 0.3 is 0 Å². The summed E-state index contributed by atoms with van der Waals surface area (Å²) in [7, 11) is 0. The normalized spacial score (nSPS) is 24.3. The minimum Gasteiger partial charge on any atom is -0.378 e. The quantitative estimate of drug-likeness (QED) is 0.712. The molecular formula is C13H23N3O3. The van der Waals surface area contributed by atoms with Crippen molar-refractivity contribution < 1.29 is 14.3 Å². The average molecular weight is 269 g/mol. The van der Waals surface area contributed by atoms with Crippen molar-refractivity contribution in [2.75, 3.05) is 26.3 Å². The van der Waals surface area contributed by atoms with Crippen LogP contribution in [-0.4, -0.2) is 55.1 Å². The number of hydrogen-bond donors (Lipinski definition) is 2. The zero-order valence-corrected chi connectivity index (χ0v) is 11.3. The van der Waals surface area contributed by atoms with Crippen LogP contribution in [0.3, 0.4) is 0 Å². The van der Waals surface area contributed by atoms with E-state index in [9.17, 15) is 9.59 Å². The number of rotatable bonds is 5. The number of nitrogens with zero attached hydrogens (tertiary/aromatic N) is 1. The fourth-order valence-corrected chi connectivity index (χ4v) is 2.88. The van der Waals surface area contributed by atoms with Gasteiger partial charge in [0.05, 0.1) is 19.8 Å². The molecule has 0 radical (unpaired) electrons. The van der Waals surface area contributed by atoms with Crippen molar-refractivity contribution in [3.63, 3.8) is 0 Å². The maximum Gasteiger partial charge on any atom is 0.237 e. The summed E-state index contributed by atoms with van der Waals surface area (Å²) in [6.45, 7) is 2.06. The fourth-order valence-electron chi connectivity index (χ4n) is 2.88. The van der Waals surface area contributed by atoms with Gasteiger partial charge in [-0.25, -0.2) is 0 Å². The number of hydrogen-bond acceptors (Lipinski definition) is 4. The summed E-state index contributed by atoms with van der Waals surface area (Å²) in [5.41, 5.74) is 5.26. The van der Waals surface area contributed by atoms with Crippen LogP contribution in [0, 0.1) is 0 Å². The van der Waals surface area contributed by atoms with Crippen molar-refractivity contribution in [1.82, 2.24) is 10.2 Å². The number of primary amides is 1. The maximum absolute atomic E-state index is 12.4. The molecule has 0 aromatic carbocycles. The molecule has 2 amide bonds. The standard InChI is InChI=1S/C13H23N3O3/c14-12(17)8-16(11-3-1-2-4-11)13(18)7-10-9-19-6-5-15-10/h10-11,15H,1-9H2,(H2,14,17). The van der Waals surface area contributed by atoms with Gasteiger partial charge in [0.1, 0.15) is 0 Å². The van der Waals surface area contributed by atoms with Gasteiger partial charge in [-0.3, -0.25) is 9.59 Å². The molecular weight excluding hydrogens is 246 g/mol. The Hall–Kier alpha value is -1.14. The summed E-state index contributed by atoms with van der Waals surface area (Å²) in [6, 6.07) is 0.238. The zero-order valence-electron chi connectivity index (χ0n) is 11.3. The van der Waals surface area contributed by atoms with E-state index in [0.29, 0.717) is 19.6 Å². The number of nitrogens with two attached hydrogens (primary N) is 1. The van der Waals surface area contributed by atoms with Gasteiger partial charge in [0.15, 0.2) is 0 Å². The van der Waals surface area contributed by atoms with Gasteiger partial charge in [-0.1, -0.05) is 12.8 Å². The van der Waals surface area contributed by atoms with E-state index in [0.717, 1.165) is 32.2 Å². The van der Waals surface area contributed by atoms with Gasteiger partial charge in [0.2, 0.25) is 11.8 Å². The van der Waals surface area contributed by atoms with Crippen LogP contribution in [-0.2, 0) is 14.3 Å². The summed E-state index contributed by atoms with van der Waals surface area (Å²) in [5.74, 6) is -0.429. The molecule has 3 N–H and O–H groups in total. The van der Waals surface area contributed by atoms with Gasteiger partial charge in [-0.15, -0.1) is 0 Å². The molecule has 0 aromatic rings. The van der Waals surface area contributed by atoms with Crippen molar-refractivity contribution in [2.24, 2.45) is 5.73 Å². The molecule has 0 spiro atoms. The highest BCUT2D eigenvalue weighted by Gasteiger charge is 2.29. The van der Waals surface area contributed by atoms with E-state index < -0.39 is 5.91 Å². The lowest BCUT2D eigenvalue weighted by Crippen LogP contribution is -2.49. The van der Waals surface area contributed by atoms with Crippen LogP contribution in [0.25, 0.3) is 0 Å². The highest BCUT2D eigenvalue weighted by atomic mass is 16.5. The molecule has 108 valence electrons. The minimum atomic E-state index is -0.437. The van der Waals surface area contributed by atoms with Gasteiger partial charge in [-0.2, -0.15) is 0 Å². The first-order valence-corrected chi connectivity index (χ1v) is 7.05. The highest BCUT2D eigenvalue weighted by molar-refractivity contribution is 5.84. The smallest absolute Gasteiger partial charge is 0.237 e. The predicted molar refractivity (Wildman–Crippen MR) is 70.4 cm³/mol. The van der Waals surface area contributed by atoms with E-state index in [1.54, 1.807) is 4.90 Å². The van der Waals surface area contributed by atoms with Crippen LogP contribution in [0.15, 0.2) is 0 Å². The first kappa shape index (κ1) is 14.3. The van der Waals surface area contributed by atoms with Crippen LogP contribution < -0.4 is 11.1 Å². The van der Waals surface area contributed by atoms with Crippen LogP contribution in [0.5, 0.6) is 0 Å². The summed E-state index contributed by atoms with van der Waals surface area (Å²) >= 11 is 0. The number of amides is 2. The number of carbonyl (C=O) groups excluding carboxylic acids is 2. The Balaban J connectivity index is 1.91. The Kier molecular flexibility index (Phi) is 5.15. The fraction of sp³-hybridized carbons (Fsp3) is 0.846. The van der Waals surface area contributed by atoms with E-state index in [1.807, 2.05) is 0 Å². The molecule has 6 nitrogen and oxygen atoms in total. The SMILES string of the molecule is NC(=O)CN(C(=O)CC1COCCN1)C1CCCC1. The van der Waals surface area contributed by atoms with Crippen molar-refractivity contribution >= 4 is 11.8 Å². The van der Waals surface area contributed by atoms with E-state index >= 15 is 0 Å². The van der Waals surface area contributed by atoms with Gasteiger partial charge in [0.25, 0.3) is 0 Å². The van der Waals surface area contributed by atoms with E-state index in [1.165, 1.54) is 0 Å². The predicted octanol–water partition coefficient (Wildman–Crippen LogP) is -0.379. The molecule has 2 rings (SSSR count). The number of carbonyl (C=O) groups is 2. The Bertz CT molecular complexity index is 323. The third-order valence-electron chi connectivity index (χ3n) is 3.83. The number of nitrogens with one attached hydrogen (secondary N) is 1. The van der Waals surface area contributed by atoms with Crippen molar-refractivity contribution in [2.45, 2.75) is 44.2 Å². The number of morpholine rings is 1. The molecule has 1 saturated heterocycles. The topological polar surface area (TPSA) is 84.7 Å². The molecule has 1 aliphatic heterocycles. The van der Waals surface area contributed by atoms with E-state index in [-0.39, 0.29) is 24.5 Å². The van der Waals surface area contributed by atoms with Crippen molar-refractivity contribution in [1.29, 1.82) is 0 Å². The largest absolute Gasteiger partial charge is 0.378 e. The molecule has 2 aliphatic rings. The lowest BCUT2D eigenvalue weighted by molar-refractivity contribution is -0.138. The molecule has 1 saturated carbocycles. The second-order valence-electron chi connectivity index (χ2n) is 5.36. The molecule has 1 heterocycles. The van der Waals surface area contributed by atoms with Crippen LogP contribution in [0.4, 0.5) is 0 Å². The summed E-state index contributed by atoms with van der Waals surface area (Å²) in [4.78, 5) is 25.2. The Morgan fingerprint density at radius 2 is 2.05 bits per heavy atom. The Morgan fingerprint density at radius 3 is 2.63 bits per heavy atom. The average Bonchev–Trinajstić information content (AvgIpc) is 2.90. The van der Waals surface area contributed by atoms with Gasteiger partial charge in [0, 0.05) is 25.0 Å². The molecule has 19 heavy (non-hydrogen) atoms. The Labute approximate surface area is 113 Å². The Morgan fingerprint density at radius 1 is 1.32 bits per heavy atom. The first-order valence-electron chi connectivity index (χ1n) is 7.05.